The molecule has 1 aliphatic rings. The van der Waals surface area contributed by atoms with Crippen molar-refractivity contribution in [3.05, 3.63) is 29.1 Å². The first kappa shape index (κ1) is 10.9. The van der Waals surface area contributed by atoms with Gasteiger partial charge in [-0.1, -0.05) is 0 Å². The van der Waals surface area contributed by atoms with Gasteiger partial charge in [-0.25, -0.2) is 9.78 Å². The van der Waals surface area contributed by atoms with Gasteiger partial charge in [-0.2, -0.15) is 13.2 Å². The van der Waals surface area contributed by atoms with E-state index in [1.165, 1.54) is 0 Å². The standard InChI is InChI=1S/C10H8F3NO2/c11-10(12,13)6-3-4-7(9(15)16)14-8(6)5-1-2-5/h3-5H,1-2H2,(H,15,16). The Morgan fingerprint density at radius 2 is 2.00 bits per heavy atom. The van der Waals surface area contributed by atoms with Crippen molar-refractivity contribution in [2.75, 3.05) is 0 Å². The third kappa shape index (κ3) is 2.00. The number of halogens is 3. The van der Waals surface area contributed by atoms with Crippen LogP contribution >= 0.6 is 0 Å². The molecule has 86 valence electrons. The molecule has 1 saturated carbocycles. The van der Waals surface area contributed by atoms with E-state index < -0.39 is 17.7 Å². The van der Waals surface area contributed by atoms with Gasteiger partial charge in [0.25, 0.3) is 0 Å². The summed E-state index contributed by atoms with van der Waals surface area (Å²) in [5.74, 6) is -1.55. The van der Waals surface area contributed by atoms with Crippen molar-refractivity contribution in [2.24, 2.45) is 0 Å². The Morgan fingerprint density at radius 3 is 2.44 bits per heavy atom. The van der Waals surface area contributed by atoms with Crippen LogP contribution in [0.2, 0.25) is 0 Å². The number of carboxylic acids is 1. The first-order valence-corrected chi connectivity index (χ1v) is 4.71. The van der Waals surface area contributed by atoms with Crippen molar-refractivity contribution >= 4 is 5.97 Å². The van der Waals surface area contributed by atoms with Crippen LogP contribution in [-0.4, -0.2) is 16.1 Å². The summed E-state index contributed by atoms with van der Waals surface area (Å²) < 4.78 is 37.7. The Balaban J connectivity index is 2.50. The van der Waals surface area contributed by atoms with Gasteiger partial charge in [-0.05, 0) is 25.0 Å². The number of carboxylic acid groups (broad SMARTS) is 1. The summed E-state index contributed by atoms with van der Waals surface area (Å²) in [6, 6.07) is 1.68. The first-order valence-electron chi connectivity index (χ1n) is 4.71. The summed E-state index contributed by atoms with van der Waals surface area (Å²) in [5.41, 5.74) is -1.29. The van der Waals surface area contributed by atoms with Gasteiger partial charge in [-0.15, -0.1) is 0 Å². The zero-order valence-corrected chi connectivity index (χ0v) is 8.08. The third-order valence-corrected chi connectivity index (χ3v) is 2.41. The van der Waals surface area contributed by atoms with Crippen molar-refractivity contribution in [2.45, 2.75) is 24.9 Å². The number of hydrogen-bond acceptors (Lipinski definition) is 2. The fraction of sp³-hybridized carbons (Fsp3) is 0.400. The van der Waals surface area contributed by atoms with Crippen molar-refractivity contribution in [1.29, 1.82) is 0 Å². The van der Waals surface area contributed by atoms with Crippen LogP contribution in [0.4, 0.5) is 13.2 Å². The molecule has 3 nitrogen and oxygen atoms in total. The van der Waals surface area contributed by atoms with E-state index in [0.29, 0.717) is 12.8 Å². The van der Waals surface area contributed by atoms with Crippen LogP contribution in [0.3, 0.4) is 0 Å². The minimum Gasteiger partial charge on any atom is -0.477 e. The van der Waals surface area contributed by atoms with Crippen LogP contribution < -0.4 is 0 Å². The van der Waals surface area contributed by atoms with Gasteiger partial charge in [-0.3, -0.25) is 0 Å². The quantitative estimate of drug-likeness (QED) is 0.851. The summed E-state index contributed by atoms with van der Waals surface area (Å²) >= 11 is 0. The van der Waals surface area contributed by atoms with Crippen LogP contribution in [0.1, 0.15) is 40.5 Å². The fourth-order valence-electron chi connectivity index (χ4n) is 1.50. The second-order valence-corrected chi connectivity index (χ2v) is 3.71. The summed E-state index contributed by atoms with van der Waals surface area (Å²) in [7, 11) is 0. The average molecular weight is 231 g/mol. The van der Waals surface area contributed by atoms with Crippen LogP contribution in [0.5, 0.6) is 0 Å². The highest BCUT2D eigenvalue weighted by Crippen LogP contribution is 2.44. The first-order chi connectivity index (χ1) is 7.39. The number of rotatable bonds is 2. The molecule has 0 saturated heterocycles. The lowest BCUT2D eigenvalue weighted by Crippen LogP contribution is -2.13. The summed E-state index contributed by atoms with van der Waals surface area (Å²) in [4.78, 5) is 14.2. The fourth-order valence-corrected chi connectivity index (χ4v) is 1.50. The minimum absolute atomic E-state index is 0.132. The van der Waals surface area contributed by atoms with Gasteiger partial charge in [0.15, 0.2) is 0 Å². The molecule has 0 spiro atoms. The summed E-state index contributed by atoms with van der Waals surface area (Å²) in [6.45, 7) is 0. The topological polar surface area (TPSA) is 50.2 Å². The number of aromatic carboxylic acids is 1. The normalized spacial score (nSPS) is 16.2. The maximum Gasteiger partial charge on any atom is 0.418 e. The Labute approximate surface area is 88.9 Å². The van der Waals surface area contributed by atoms with Crippen LogP contribution in [0.15, 0.2) is 12.1 Å². The van der Waals surface area contributed by atoms with Crippen molar-refractivity contribution in [1.82, 2.24) is 4.98 Å². The molecule has 6 heteroatoms. The highest BCUT2D eigenvalue weighted by atomic mass is 19.4. The molecule has 1 aromatic heterocycles. The van der Waals surface area contributed by atoms with E-state index in [1.807, 2.05) is 0 Å². The zero-order valence-electron chi connectivity index (χ0n) is 8.08. The van der Waals surface area contributed by atoms with Gasteiger partial charge in [0, 0.05) is 5.92 Å². The van der Waals surface area contributed by atoms with Gasteiger partial charge in [0.2, 0.25) is 0 Å². The monoisotopic (exact) mass is 231 g/mol. The maximum absolute atomic E-state index is 12.6. The molecule has 16 heavy (non-hydrogen) atoms. The molecule has 0 unspecified atom stereocenters. The van der Waals surface area contributed by atoms with Crippen molar-refractivity contribution in [3.63, 3.8) is 0 Å². The van der Waals surface area contributed by atoms with Crippen molar-refractivity contribution < 1.29 is 23.1 Å². The van der Waals surface area contributed by atoms with E-state index >= 15 is 0 Å². The predicted octanol–water partition coefficient (Wildman–Crippen LogP) is 2.68. The minimum atomic E-state index is -4.47. The highest BCUT2D eigenvalue weighted by Gasteiger charge is 2.39. The van der Waals surface area contributed by atoms with E-state index in [2.05, 4.69) is 4.98 Å². The largest absolute Gasteiger partial charge is 0.477 e. The smallest absolute Gasteiger partial charge is 0.418 e. The van der Waals surface area contributed by atoms with E-state index in [-0.39, 0.29) is 17.3 Å². The molecule has 1 heterocycles. The average Bonchev–Trinajstić information content (AvgIpc) is 2.98. The van der Waals surface area contributed by atoms with E-state index in [9.17, 15) is 18.0 Å². The SMILES string of the molecule is O=C(O)c1ccc(C(F)(F)F)c(C2CC2)n1. The van der Waals surface area contributed by atoms with Gasteiger partial charge in [0.1, 0.15) is 5.69 Å². The molecule has 0 bridgehead atoms. The molecule has 1 aliphatic carbocycles. The molecular weight excluding hydrogens is 223 g/mol. The highest BCUT2D eigenvalue weighted by molar-refractivity contribution is 5.85. The molecule has 2 rings (SSSR count). The molecule has 1 N–H and O–H groups in total. The number of carbonyl (C=O) groups is 1. The van der Waals surface area contributed by atoms with Crippen LogP contribution in [0.25, 0.3) is 0 Å². The van der Waals surface area contributed by atoms with Gasteiger partial charge >= 0.3 is 12.1 Å². The molecule has 1 aromatic rings. The Bertz CT molecular complexity index is 438. The van der Waals surface area contributed by atoms with Crippen molar-refractivity contribution in [3.8, 4) is 0 Å². The predicted molar refractivity (Wildman–Crippen MR) is 48.2 cm³/mol. The zero-order chi connectivity index (χ0) is 11.9. The van der Waals surface area contributed by atoms with Crippen LogP contribution in [0, 0.1) is 0 Å². The van der Waals surface area contributed by atoms with Gasteiger partial charge in [0.05, 0.1) is 11.3 Å². The van der Waals surface area contributed by atoms with Gasteiger partial charge < -0.3 is 5.11 Å². The lowest BCUT2D eigenvalue weighted by molar-refractivity contribution is -0.138. The maximum atomic E-state index is 12.6. The molecule has 0 atom stereocenters. The lowest BCUT2D eigenvalue weighted by atomic mass is 10.1. The Kier molecular flexibility index (Phi) is 2.36. The summed E-state index contributed by atoms with van der Waals surface area (Å²) in [5, 5.41) is 8.66. The van der Waals surface area contributed by atoms with E-state index in [4.69, 9.17) is 5.11 Å². The van der Waals surface area contributed by atoms with E-state index in [0.717, 1.165) is 12.1 Å². The third-order valence-electron chi connectivity index (χ3n) is 2.41. The molecule has 0 amide bonds. The number of nitrogens with zero attached hydrogens (tertiary/aromatic N) is 1. The molecule has 1 fully saturated rings. The second kappa shape index (κ2) is 3.47. The van der Waals surface area contributed by atoms with Crippen LogP contribution in [-0.2, 0) is 6.18 Å². The Morgan fingerprint density at radius 1 is 1.38 bits per heavy atom. The second-order valence-electron chi connectivity index (χ2n) is 3.71. The number of alkyl halides is 3. The molecule has 0 radical (unpaired) electrons. The number of pyridine rings is 1. The molecular formula is C10H8F3NO2. The Hall–Kier alpha value is -1.59. The number of hydrogen-bond donors (Lipinski definition) is 1. The molecule has 0 aromatic carbocycles. The molecule has 0 aliphatic heterocycles. The lowest BCUT2D eigenvalue weighted by Gasteiger charge is -2.11. The summed E-state index contributed by atoms with van der Waals surface area (Å²) in [6.07, 6.45) is -3.19. The number of aromatic nitrogens is 1. The van der Waals surface area contributed by atoms with E-state index in [1.54, 1.807) is 0 Å².